The first-order chi connectivity index (χ1) is 25.8. The van der Waals surface area contributed by atoms with Crippen LogP contribution in [0.1, 0.15) is 0 Å². The van der Waals surface area contributed by atoms with Crippen LogP contribution in [0.3, 0.4) is 0 Å². The second kappa shape index (κ2) is 12.5. The lowest BCUT2D eigenvalue weighted by Gasteiger charge is -2.16. The van der Waals surface area contributed by atoms with Crippen LogP contribution in [0.5, 0.6) is 0 Å². The number of thiazole rings is 1. The van der Waals surface area contributed by atoms with Gasteiger partial charge in [-0.2, -0.15) is 0 Å². The molecule has 7 aromatic carbocycles. The van der Waals surface area contributed by atoms with E-state index in [2.05, 4.69) is 114 Å². The van der Waals surface area contributed by atoms with E-state index in [0.29, 0.717) is 17.5 Å². The van der Waals surface area contributed by atoms with Gasteiger partial charge in [0.25, 0.3) is 0 Å². The number of nitrogens with zero attached hydrogens (tertiary/aromatic N) is 5. The van der Waals surface area contributed by atoms with Crippen molar-refractivity contribution < 1.29 is 0 Å². The molecule has 0 aliphatic carbocycles. The summed E-state index contributed by atoms with van der Waals surface area (Å²) in [5, 5.41) is 3.31. The Morgan fingerprint density at radius 3 is 1.67 bits per heavy atom. The zero-order valence-electron chi connectivity index (χ0n) is 27.9. The van der Waals surface area contributed by atoms with Crippen LogP contribution in [0, 0.1) is 0 Å². The lowest BCUT2D eigenvalue weighted by atomic mass is 10.0. The number of rotatable bonds is 6. The summed E-state index contributed by atoms with van der Waals surface area (Å²) < 4.78 is 3.51. The summed E-state index contributed by atoms with van der Waals surface area (Å²) in [5.74, 6) is 1.83. The maximum absolute atomic E-state index is 5.22. The molecule has 0 N–H and O–H groups in total. The summed E-state index contributed by atoms with van der Waals surface area (Å²) >= 11 is 1.69. The van der Waals surface area contributed by atoms with Crippen molar-refractivity contribution in [3.8, 4) is 61.5 Å². The molecule has 52 heavy (non-hydrogen) atoms. The first-order valence-electron chi connectivity index (χ1n) is 17.2. The predicted molar refractivity (Wildman–Crippen MR) is 215 cm³/mol. The lowest BCUT2D eigenvalue weighted by Crippen LogP contribution is -2.04. The molecule has 3 heterocycles. The van der Waals surface area contributed by atoms with Gasteiger partial charge in [0.1, 0.15) is 5.01 Å². The maximum Gasteiger partial charge on any atom is 0.166 e. The third-order valence-corrected chi connectivity index (χ3v) is 10.6. The number of aromatic nitrogens is 5. The number of benzene rings is 7. The molecular weight excluding hydrogens is 655 g/mol. The second-order valence-electron chi connectivity index (χ2n) is 12.7. The summed E-state index contributed by atoms with van der Waals surface area (Å²) in [4.78, 5) is 20.5. The topological polar surface area (TPSA) is 56.5 Å². The molecule has 3 aromatic heterocycles. The lowest BCUT2D eigenvalue weighted by molar-refractivity contribution is 1.06. The van der Waals surface area contributed by atoms with Gasteiger partial charge in [0.05, 0.1) is 26.9 Å². The minimum absolute atomic E-state index is 0.593. The Bertz CT molecular complexity index is 2810. The van der Waals surface area contributed by atoms with Crippen LogP contribution in [0.2, 0.25) is 0 Å². The van der Waals surface area contributed by atoms with Gasteiger partial charge in [-0.15, -0.1) is 11.3 Å². The molecular formula is C46H29N5S. The largest absolute Gasteiger partial charge is 0.308 e. The fraction of sp³-hybridized carbons (Fsp3) is 0. The molecule has 0 amide bonds. The molecule has 0 saturated carbocycles. The van der Waals surface area contributed by atoms with E-state index in [1.165, 1.54) is 16.3 Å². The molecule has 0 unspecified atom stereocenters. The van der Waals surface area contributed by atoms with E-state index < -0.39 is 0 Å². The maximum atomic E-state index is 5.22. The minimum atomic E-state index is 0.593. The number of fused-ring (bicyclic) bond motifs is 4. The van der Waals surface area contributed by atoms with E-state index in [-0.39, 0.29) is 0 Å². The molecule has 0 saturated heterocycles. The van der Waals surface area contributed by atoms with Crippen molar-refractivity contribution in [2.75, 3.05) is 0 Å². The first kappa shape index (κ1) is 30.1. The highest BCUT2D eigenvalue weighted by molar-refractivity contribution is 7.21. The minimum Gasteiger partial charge on any atom is -0.308 e. The molecule has 10 aromatic rings. The molecule has 10 rings (SSSR count). The van der Waals surface area contributed by atoms with Crippen LogP contribution in [-0.4, -0.2) is 24.5 Å². The van der Waals surface area contributed by atoms with Crippen LogP contribution in [0.15, 0.2) is 176 Å². The van der Waals surface area contributed by atoms with Gasteiger partial charge in [0, 0.05) is 33.0 Å². The Hall–Kier alpha value is -6.76. The third-order valence-electron chi connectivity index (χ3n) is 9.50. The SMILES string of the molecule is c1ccc(-c2ccc3c4ccccc4n(-c4ccc(-c5nc6ccccc6s5)cc4-c4nc(-c5ccccc5)nc(-c5ccccc5)n4)c3c2)cc1. The van der Waals surface area contributed by atoms with Crippen molar-refractivity contribution in [1.82, 2.24) is 24.5 Å². The zero-order chi connectivity index (χ0) is 34.4. The Kier molecular flexibility index (Phi) is 7.25. The molecule has 0 aliphatic heterocycles. The van der Waals surface area contributed by atoms with E-state index in [4.69, 9.17) is 19.9 Å². The van der Waals surface area contributed by atoms with Crippen LogP contribution >= 0.6 is 11.3 Å². The quantitative estimate of drug-likeness (QED) is 0.175. The normalized spacial score (nSPS) is 11.5. The van der Waals surface area contributed by atoms with Gasteiger partial charge in [-0.1, -0.05) is 133 Å². The molecule has 5 nitrogen and oxygen atoms in total. The van der Waals surface area contributed by atoms with Gasteiger partial charge in [-0.05, 0) is 53.6 Å². The van der Waals surface area contributed by atoms with Gasteiger partial charge < -0.3 is 4.57 Å². The Balaban J connectivity index is 1.28. The Morgan fingerprint density at radius 2 is 0.962 bits per heavy atom. The van der Waals surface area contributed by atoms with Crippen molar-refractivity contribution >= 4 is 43.4 Å². The van der Waals surface area contributed by atoms with Crippen LogP contribution in [0.25, 0.3) is 93.6 Å². The molecule has 6 heteroatoms. The fourth-order valence-electron chi connectivity index (χ4n) is 7.01. The average molecular weight is 684 g/mol. The molecule has 0 bridgehead atoms. The molecule has 0 aliphatic rings. The molecule has 0 radical (unpaired) electrons. The summed E-state index contributed by atoms with van der Waals surface area (Å²) in [6, 6.07) is 61.1. The smallest absolute Gasteiger partial charge is 0.166 e. The fourth-order valence-corrected chi connectivity index (χ4v) is 7.97. The highest BCUT2D eigenvalue weighted by Gasteiger charge is 2.21. The second-order valence-corrected chi connectivity index (χ2v) is 13.7. The first-order valence-corrected chi connectivity index (χ1v) is 18.0. The predicted octanol–water partition coefficient (Wildman–Crippen LogP) is 11.9. The highest BCUT2D eigenvalue weighted by atomic mass is 32.1. The molecule has 0 fully saturated rings. The van der Waals surface area contributed by atoms with Crippen molar-refractivity contribution in [2.24, 2.45) is 0 Å². The Morgan fingerprint density at radius 1 is 0.385 bits per heavy atom. The van der Waals surface area contributed by atoms with Gasteiger partial charge in [0.15, 0.2) is 17.5 Å². The highest BCUT2D eigenvalue weighted by Crippen LogP contribution is 2.40. The number of hydrogen-bond donors (Lipinski definition) is 0. The van der Waals surface area contributed by atoms with Crippen LogP contribution in [-0.2, 0) is 0 Å². The summed E-state index contributed by atoms with van der Waals surface area (Å²) in [5.41, 5.74) is 10.3. The van der Waals surface area contributed by atoms with Gasteiger partial charge in [0.2, 0.25) is 0 Å². The zero-order valence-corrected chi connectivity index (χ0v) is 28.7. The molecule has 0 spiro atoms. The molecule has 0 atom stereocenters. The van der Waals surface area contributed by atoms with Crippen LogP contribution in [0.4, 0.5) is 0 Å². The number of hydrogen-bond acceptors (Lipinski definition) is 5. The van der Waals surface area contributed by atoms with E-state index in [9.17, 15) is 0 Å². The standard InChI is InChI=1S/C46H29N5S/c1-4-14-30(15-5-1)33-24-26-36-35-20-10-12-22-39(35)51(41(36)29-33)40-27-25-34(46-47-38-21-11-13-23-42(38)52-46)28-37(40)45-49-43(31-16-6-2-7-17-31)48-44(50-45)32-18-8-3-9-19-32/h1-29H. The van der Waals surface area contributed by atoms with Gasteiger partial charge >= 0.3 is 0 Å². The van der Waals surface area contributed by atoms with Crippen molar-refractivity contribution in [3.05, 3.63) is 176 Å². The monoisotopic (exact) mass is 683 g/mol. The van der Waals surface area contributed by atoms with Gasteiger partial charge in [-0.3, -0.25) is 0 Å². The van der Waals surface area contributed by atoms with Crippen molar-refractivity contribution in [3.63, 3.8) is 0 Å². The third kappa shape index (κ3) is 5.25. The Labute approximate surface area is 304 Å². The summed E-state index contributed by atoms with van der Waals surface area (Å²) in [6.07, 6.45) is 0. The summed E-state index contributed by atoms with van der Waals surface area (Å²) in [6.45, 7) is 0. The van der Waals surface area contributed by atoms with Crippen LogP contribution < -0.4 is 0 Å². The summed E-state index contributed by atoms with van der Waals surface area (Å²) in [7, 11) is 0. The van der Waals surface area contributed by atoms with Crippen molar-refractivity contribution in [2.45, 2.75) is 0 Å². The van der Waals surface area contributed by atoms with E-state index in [0.717, 1.165) is 59.8 Å². The van der Waals surface area contributed by atoms with E-state index in [1.54, 1.807) is 11.3 Å². The van der Waals surface area contributed by atoms with E-state index in [1.807, 2.05) is 66.7 Å². The average Bonchev–Trinajstić information content (AvgIpc) is 3.81. The molecule has 244 valence electrons. The van der Waals surface area contributed by atoms with Crippen molar-refractivity contribution in [1.29, 1.82) is 0 Å². The number of para-hydroxylation sites is 2. The van der Waals surface area contributed by atoms with E-state index >= 15 is 0 Å². The van der Waals surface area contributed by atoms with Gasteiger partial charge in [-0.25, -0.2) is 19.9 Å².